The van der Waals surface area contributed by atoms with Crippen molar-refractivity contribution in [1.29, 1.82) is 5.26 Å². The number of aromatic carboxylic acids is 1. The minimum absolute atomic E-state index is 0. The second-order valence-corrected chi connectivity index (χ2v) is 6.49. The van der Waals surface area contributed by atoms with Crippen molar-refractivity contribution in [2.75, 3.05) is 11.9 Å². The summed E-state index contributed by atoms with van der Waals surface area (Å²) in [6.45, 7) is 0.890. The van der Waals surface area contributed by atoms with E-state index < -0.39 is 5.97 Å². The van der Waals surface area contributed by atoms with Crippen LogP contribution in [0.25, 0.3) is 11.3 Å². The molecule has 0 amide bonds. The first kappa shape index (κ1) is 20.4. The van der Waals surface area contributed by atoms with Gasteiger partial charge >= 0.3 is 35.5 Å². The summed E-state index contributed by atoms with van der Waals surface area (Å²) in [4.78, 5) is 15.3. The third-order valence-corrected chi connectivity index (χ3v) is 4.75. The molecule has 0 unspecified atom stereocenters. The molecule has 0 atom stereocenters. The average molecular weight is 359 g/mol. The van der Waals surface area contributed by atoms with Gasteiger partial charge in [0.1, 0.15) is 6.07 Å². The van der Waals surface area contributed by atoms with E-state index in [1.807, 2.05) is 12.1 Å². The average Bonchev–Trinajstić information content (AvgIpc) is 2.67. The summed E-state index contributed by atoms with van der Waals surface area (Å²) in [6, 6.07) is 10.7. The van der Waals surface area contributed by atoms with Crippen LogP contribution in [0.4, 0.5) is 5.69 Å². The van der Waals surface area contributed by atoms with Crippen LogP contribution >= 0.6 is 0 Å². The number of carbonyl (C=O) groups is 1. The molecule has 1 aliphatic carbocycles. The number of carboxylic acids is 1. The van der Waals surface area contributed by atoms with Crippen molar-refractivity contribution in [3.05, 3.63) is 47.7 Å². The molecule has 1 aromatic heterocycles. The molecule has 1 aromatic carbocycles. The number of hydrogen-bond donors (Lipinski definition) is 2. The molecule has 3 rings (SSSR count). The van der Waals surface area contributed by atoms with Crippen molar-refractivity contribution in [3.63, 3.8) is 0 Å². The van der Waals surface area contributed by atoms with Gasteiger partial charge in [-0.15, -0.1) is 0 Å². The van der Waals surface area contributed by atoms with Gasteiger partial charge in [0.25, 0.3) is 0 Å². The molecule has 2 aromatic rings. The van der Waals surface area contributed by atoms with Gasteiger partial charge in [0.2, 0.25) is 0 Å². The Balaban J connectivity index is 0.00000243. The SMILES string of the molecule is N#Cc1cc(-c2cc(C(=O)O)ccn2)ccc1NCC1CCCCC1.[NaH]. The number of pyridine rings is 1. The number of hydrogen-bond acceptors (Lipinski definition) is 4. The van der Waals surface area contributed by atoms with Gasteiger partial charge in [-0.2, -0.15) is 5.26 Å². The maximum atomic E-state index is 11.1. The summed E-state index contributed by atoms with van der Waals surface area (Å²) in [5, 5.41) is 22.0. The molecule has 6 heteroatoms. The van der Waals surface area contributed by atoms with Crippen LogP contribution in [0.2, 0.25) is 0 Å². The maximum absolute atomic E-state index is 11.1. The van der Waals surface area contributed by atoms with E-state index in [9.17, 15) is 10.1 Å². The van der Waals surface area contributed by atoms with Gasteiger partial charge < -0.3 is 10.4 Å². The quantitative estimate of drug-likeness (QED) is 0.796. The zero-order valence-corrected chi connectivity index (χ0v) is 14.0. The number of aromatic nitrogens is 1. The molecule has 5 nitrogen and oxygen atoms in total. The Labute approximate surface area is 175 Å². The fourth-order valence-electron chi connectivity index (χ4n) is 3.32. The van der Waals surface area contributed by atoms with Crippen LogP contribution in [0.5, 0.6) is 0 Å². The van der Waals surface area contributed by atoms with Crippen LogP contribution in [0.1, 0.15) is 48.0 Å². The van der Waals surface area contributed by atoms with Crippen molar-refractivity contribution >= 4 is 41.2 Å². The van der Waals surface area contributed by atoms with Crippen molar-refractivity contribution in [2.45, 2.75) is 32.1 Å². The van der Waals surface area contributed by atoms with Gasteiger partial charge in [0.05, 0.1) is 22.5 Å². The van der Waals surface area contributed by atoms with E-state index >= 15 is 0 Å². The first-order valence-electron chi connectivity index (χ1n) is 8.65. The standard InChI is InChI=1S/C20H21N3O2.Na.H/c21-12-17-10-15(19-11-16(20(24)25)8-9-22-19)6-7-18(17)23-13-14-4-2-1-3-5-14;;/h6-11,14,23H,1-5,13H2,(H,24,25);;. The summed E-state index contributed by atoms with van der Waals surface area (Å²) >= 11 is 0. The number of nitrogens with zero attached hydrogens (tertiary/aromatic N) is 2. The van der Waals surface area contributed by atoms with E-state index in [2.05, 4.69) is 16.4 Å². The van der Waals surface area contributed by atoms with Crippen LogP contribution in [0.3, 0.4) is 0 Å². The van der Waals surface area contributed by atoms with Crippen LogP contribution in [0, 0.1) is 17.2 Å². The fourth-order valence-corrected chi connectivity index (χ4v) is 3.32. The molecule has 2 N–H and O–H groups in total. The molecule has 130 valence electrons. The first-order valence-corrected chi connectivity index (χ1v) is 8.65. The van der Waals surface area contributed by atoms with E-state index in [0.29, 0.717) is 17.2 Å². The zero-order valence-electron chi connectivity index (χ0n) is 14.0. The number of benzene rings is 1. The summed E-state index contributed by atoms with van der Waals surface area (Å²) in [5.41, 5.74) is 2.85. The predicted octanol–water partition coefficient (Wildman–Crippen LogP) is 3.66. The van der Waals surface area contributed by atoms with E-state index in [1.165, 1.54) is 50.4 Å². The predicted molar refractivity (Wildman–Crippen MR) is 104 cm³/mol. The third-order valence-electron chi connectivity index (χ3n) is 4.75. The molecule has 1 fully saturated rings. The Hall–Kier alpha value is -1.87. The van der Waals surface area contributed by atoms with Gasteiger partial charge in [-0.3, -0.25) is 4.98 Å². The summed E-state index contributed by atoms with van der Waals surface area (Å²) < 4.78 is 0. The van der Waals surface area contributed by atoms with Crippen molar-refractivity contribution < 1.29 is 9.90 Å². The number of rotatable bonds is 5. The molecule has 1 saturated carbocycles. The molecule has 0 bridgehead atoms. The van der Waals surface area contributed by atoms with Crippen LogP contribution < -0.4 is 5.32 Å². The Kier molecular flexibility index (Phi) is 7.65. The molecule has 1 aliphatic rings. The van der Waals surface area contributed by atoms with Crippen molar-refractivity contribution in [2.24, 2.45) is 5.92 Å². The molecule has 26 heavy (non-hydrogen) atoms. The van der Waals surface area contributed by atoms with Gasteiger partial charge in [0.15, 0.2) is 0 Å². The summed E-state index contributed by atoms with van der Waals surface area (Å²) in [6.07, 6.45) is 7.89. The number of carboxylic acid groups (broad SMARTS) is 1. The van der Waals surface area contributed by atoms with Gasteiger partial charge in [-0.05, 0) is 43.0 Å². The van der Waals surface area contributed by atoms with E-state index in [0.717, 1.165) is 17.8 Å². The van der Waals surface area contributed by atoms with Gasteiger partial charge in [-0.1, -0.05) is 25.3 Å². The Bertz CT molecular complexity index is 811. The third kappa shape index (κ3) is 5.07. The summed E-state index contributed by atoms with van der Waals surface area (Å²) in [7, 11) is 0. The molecular weight excluding hydrogens is 337 g/mol. The molecule has 0 aliphatic heterocycles. The fraction of sp³-hybridized carbons (Fsp3) is 0.350. The topological polar surface area (TPSA) is 86.0 Å². The molecule has 1 heterocycles. The Morgan fingerprint density at radius 1 is 1.23 bits per heavy atom. The second kappa shape index (κ2) is 9.72. The van der Waals surface area contributed by atoms with Gasteiger partial charge in [0, 0.05) is 18.3 Å². The molecule has 0 saturated heterocycles. The second-order valence-electron chi connectivity index (χ2n) is 6.49. The van der Waals surface area contributed by atoms with Crippen LogP contribution in [-0.4, -0.2) is 52.2 Å². The Morgan fingerprint density at radius 3 is 2.69 bits per heavy atom. The van der Waals surface area contributed by atoms with E-state index in [-0.39, 0.29) is 35.1 Å². The number of nitriles is 1. The minimum atomic E-state index is -0.991. The number of anilines is 1. The van der Waals surface area contributed by atoms with Crippen LogP contribution in [0.15, 0.2) is 36.5 Å². The Morgan fingerprint density at radius 2 is 2.00 bits per heavy atom. The first-order chi connectivity index (χ1) is 12.2. The molecular formula is C20H22N3NaO2. The van der Waals surface area contributed by atoms with Crippen LogP contribution in [-0.2, 0) is 0 Å². The van der Waals surface area contributed by atoms with Crippen molar-refractivity contribution in [1.82, 2.24) is 4.98 Å². The monoisotopic (exact) mass is 359 g/mol. The zero-order chi connectivity index (χ0) is 17.6. The van der Waals surface area contributed by atoms with E-state index in [1.54, 1.807) is 6.07 Å². The molecule has 0 radical (unpaired) electrons. The van der Waals surface area contributed by atoms with Gasteiger partial charge in [-0.25, -0.2) is 4.79 Å². The number of nitrogens with one attached hydrogen (secondary N) is 1. The normalized spacial score (nSPS) is 14.1. The summed E-state index contributed by atoms with van der Waals surface area (Å²) in [5.74, 6) is -0.316. The molecule has 0 spiro atoms. The van der Waals surface area contributed by atoms with E-state index in [4.69, 9.17) is 5.11 Å². The van der Waals surface area contributed by atoms with Crippen molar-refractivity contribution in [3.8, 4) is 17.3 Å².